The molecule has 1 aromatic heterocycles. The number of carbonyl (C=O) groups is 1. The number of hydrogen-bond donors (Lipinski definition) is 2. The highest BCUT2D eigenvalue weighted by atomic mass is 16.3. The van der Waals surface area contributed by atoms with Crippen LogP contribution < -0.4 is 0 Å². The van der Waals surface area contributed by atoms with Crippen molar-refractivity contribution in [3.8, 4) is 0 Å². The normalized spacial score (nSPS) is 10.9. The van der Waals surface area contributed by atoms with Gasteiger partial charge in [0.25, 0.3) is 5.91 Å². The summed E-state index contributed by atoms with van der Waals surface area (Å²) in [5, 5.41) is 15.6. The first-order valence-corrected chi connectivity index (χ1v) is 6.43. The molecule has 6 nitrogen and oxygen atoms in total. The average Bonchev–Trinajstić information content (AvgIpc) is 2.78. The quantitative estimate of drug-likeness (QED) is 0.760. The van der Waals surface area contributed by atoms with Gasteiger partial charge in [0.1, 0.15) is 5.82 Å². The zero-order valence-corrected chi connectivity index (χ0v) is 11.3. The summed E-state index contributed by atoms with van der Waals surface area (Å²) in [6, 6.07) is 0.0668. The maximum absolute atomic E-state index is 12.2. The Morgan fingerprint density at radius 2 is 2.22 bits per heavy atom. The molecule has 0 bridgehead atoms. The number of nitrogens with zero attached hydrogens (tertiary/aromatic N) is 3. The predicted molar refractivity (Wildman–Crippen MR) is 68.3 cm³/mol. The van der Waals surface area contributed by atoms with Gasteiger partial charge in [-0.3, -0.25) is 9.89 Å². The van der Waals surface area contributed by atoms with Gasteiger partial charge >= 0.3 is 0 Å². The number of carbonyl (C=O) groups excluding carboxylic acids is 1. The lowest BCUT2D eigenvalue weighted by Crippen LogP contribution is -2.38. The van der Waals surface area contributed by atoms with Gasteiger partial charge in [0.05, 0.1) is 0 Å². The van der Waals surface area contributed by atoms with Crippen molar-refractivity contribution in [1.82, 2.24) is 20.1 Å². The van der Waals surface area contributed by atoms with Gasteiger partial charge < -0.3 is 10.0 Å². The van der Waals surface area contributed by atoms with Crippen molar-refractivity contribution < 1.29 is 9.90 Å². The van der Waals surface area contributed by atoms with Crippen molar-refractivity contribution >= 4 is 5.91 Å². The van der Waals surface area contributed by atoms with Crippen LogP contribution in [0.4, 0.5) is 0 Å². The van der Waals surface area contributed by atoms with Gasteiger partial charge in [0.2, 0.25) is 5.82 Å². The lowest BCUT2D eigenvalue weighted by molar-refractivity contribution is 0.0681. The number of nitrogens with one attached hydrogen (secondary N) is 1. The van der Waals surface area contributed by atoms with Crippen LogP contribution in [0.1, 0.15) is 50.1 Å². The van der Waals surface area contributed by atoms with Crippen LogP contribution >= 0.6 is 0 Å². The second-order valence-electron chi connectivity index (χ2n) is 4.53. The van der Waals surface area contributed by atoms with E-state index in [0.717, 1.165) is 18.7 Å². The van der Waals surface area contributed by atoms with Crippen molar-refractivity contribution in [3.05, 3.63) is 11.6 Å². The van der Waals surface area contributed by atoms with Gasteiger partial charge in [-0.15, -0.1) is 5.10 Å². The standard InChI is InChI=1S/C12H22N4O2/c1-4-6-10-13-11(15-14-10)12(18)16(9(2)3)7-5-8-17/h9,17H,4-8H2,1-3H3,(H,13,14,15). The summed E-state index contributed by atoms with van der Waals surface area (Å²) in [5.41, 5.74) is 0. The number of H-pyrrole nitrogens is 1. The summed E-state index contributed by atoms with van der Waals surface area (Å²) in [7, 11) is 0. The number of rotatable bonds is 7. The Kier molecular flexibility index (Phi) is 5.77. The highest BCUT2D eigenvalue weighted by Gasteiger charge is 2.22. The van der Waals surface area contributed by atoms with E-state index in [0.29, 0.717) is 13.0 Å². The summed E-state index contributed by atoms with van der Waals surface area (Å²) in [5.74, 6) is 0.772. The molecule has 0 aliphatic carbocycles. The molecule has 1 aromatic rings. The molecule has 18 heavy (non-hydrogen) atoms. The fourth-order valence-electron chi connectivity index (χ4n) is 1.70. The van der Waals surface area contributed by atoms with Crippen LogP contribution in [0.25, 0.3) is 0 Å². The Bertz CT molecular complexity index is 376. The summed E-state index contributed by atoms with van der Waals surface area (Å²) in [6.07, 6.45) is 2.32. The fourth-order valence-corrected chi connectivity index (χ4v) is 1.70. The van der Waals surface area contributed by atoms with Crippen LogP contribution in [0, 0.1) is 0 Å². The number of aliphatic hydroxyl groups is 1. The Morgan fingerprint density at radius 3 is 2.78 bits per heavy atom. The molecule has 0 aliphatic heterocycles. The summed E-state index contributed by atoms with van der Waals surface area (Å²) >= 11 is 0. The van der Waals surface area contributed by atoms with Crippen LogP contribution in [-0.2, 0) is 6.42 Å². The molecule has 0 spiro atoms. The third-order valence-corrected chi connectivity index (χ3v) is 2.65. The molecule has 0 atom stereocenters. The highest BCUT2D eigenvalue weighted by Crippen LogP contribution is 2.06. The van der Waals surface area contributed by atoms with Crippen LogP contribution in [0.5, 0.6) is 0 Å². The molecule has 1 heterocycles. The van der Waals surface area contributed by atoms with E-state index in [4.69, 9.17) is 5.11 Å². The summed E-state index contributed by atoms with van der Waals surface area (Å²) in [4.78, 5) is 18.1. The summed E-state index contributed by atoms with van der Waals surface area (Å²) < 4.78 is 0. The molecule has 1 amide bonds. The average molecular weight is 254 g/mol. The molecule has 1 rings (SSSR count). The maximum Gasteiger partial charge on any atom is 0.293 e. The van der Waals surface area contributed by atoms with Gasteiger partial charge in [-0.05, 0) is 26.7 Å². The molecule has 6 heteroatoms. The van der Waals surface area contributed by atoms with Crippen molar-refractivity contribution in [2.75, 3.05) is 13.2 Å². The molecule has 2 N–H and O–H groups in total. The molecule has 0 radical (unpaired) electrons. The Hall–Kier alpha value is -1.43. The Balaban J connectivity index is 2.74. The largest absolute Gasteiger partial charge is 0.396 e. The molecule has 0 aromatic carbocycles. The molecule has 0 saturated carbocycles. The number of aryl methyl sites for hydroxylation is 1. The molecule has 0 aliphatic rings. The number of aromatic nitrogens is 3. The molecule has 102 valence electrons. The first kappa shape index (κ1) is 14.6. The zero-order chi connectivity index (χ0) is 13.5. The minimum absolute atomic E-state index is 0.0668. The topological polar surface area (TPSA) is 82.1 Å². The van der Waals surface area contributed by atoms with E-state index < -0.39 is 0 Å². The number of hydrogen-bond acceptors (Lipinski definition) is 4. The van der Waals surface area contributed by atoms with Crippen LogP contribution in [0.15, 0.2) is 0 Å². The number of amides is 1. The Morgan fingerprint density at radius 1 is 1.50 bits per heavy atom. The van der Waals surface area contributed by atoms with Crippen LogP contribution in [0.2, 0.25) is 0 Å². The van der Waals surface area contributed by atoms with E-state index in [1.807, 2.05) is 20.8 Å². The lowest BCUT2D eigenvalue weighted by atomic mass is 10.2. The smallest absolute Gasteiger partial charge is 0.293 e. The van der Waals surface area contributed by atoms with Crippen molar-refractivity contribution in [1.29, 1.82) is 0 Å². The Labute approximate surface area is 107 Å². The van der Waals surface area contributed by atoms with Gasteiger partial charge in [-0.2, -0.15) is 0 Å². The van der Waals surface area contributed by atoms with Gasteiger partial charge in [-0.25, -0.2) is 4.98 Å². The van der Waals surface area contributed by atoms with Crippen molar-refractivity contribution in [2.24, 2.45) is 0 Å². The molecular weight excluding hydrogens is 232 g/mol. The van der Waals surface area contributed by atoms with Gasteiger partial charge in [0.15, 0.2) is 0 Å². The third kappa shape index (κ3) is 3.80. The van der Waals surface area contributed by atoms with Gasteiger partial charge in [-0.1, -0.05) is 6.92 Å². The first-order valence-electron chi connectivity index (χ1n) is 6.43. The monoisotopic (exact) mass is 254 g/mol. The predicted octanol–water partition coefficient (Wildman–Crippen LogP) is 0.990. The van der Waals surface area contributed by atoms with Gasteiger partial charge in [0, 0.05) is 25.6 Å². The van der Waals surface area contributed by atoms with E-state index in [1.165, 1.54) is 0 Å². The molecule has 0 fully saturated rings. The SMILES string of the molecule is CCCc1nc(C(=O)N(CCCO)C(C)C)n[nH]1. The first-order chi connectivity index (χ1) is 8.60. The minimum atomic E-state index is -0.183. The lowest BCUT2D eigenvalue weighted by Gasteiger charge is -2.25. The van der Waals surface area contributed by atoms with E-state index in [2.05, 4.69) is 15.2 Å². The number of aliphatic hydroxyl groups excluding tert-OH is 1. The fraction of sp³-hybridized carbons (Fsp3) is 0.750. The number of aromatic amines is 1. The van der Waals surface area contributed by atoms with E-state index in [1.54, 1.807) is 4.90 Å². The third-order valence-electron chi connectivity index (χ3n) is 2.65. The van der Waals surface area contributed by atoms with E-state index >= 15 is 0 Å². The molecule has 0 unspecified atom stereocenters. The zero-order valence-electron chi connectivity index (χ0n) is 11.3. The van der Waals surface area contributed by atoms with E-state index in [-0.39, 0.29) is 24.4 Å². The van der Waals surface area contributed by atoms with Crippen LogP contribution in [0.3, 0.4) is 0 Å². The minimum Gasteiger partial charge on any atom is -0.396 e. The van der Waals surface area contributed by atoms with E-state index in [9.17, 15) is 4.79 Å². The molecular formula is C12H22N4O2. The summed E-state index contributed by atoms with van der Waals surface area (Å²) in [6.45, 7) is 6.52. The highest BCUT2D eigenvalue weighted by molar-refractivity contribution is 5.90. The van der Waals surface area contributed by atoms with Crippen LogP contribution in [-0.4, -0.2) is 50.3 Å². The molecule has 0 saturated heterocycles. The second kappa shape index (κ2) is 7.10. The second-order valence-corrected chi connectivity index (χ2v) is 4.53. The van der Waals surface area contributed by atoms with Crippen molar-refractivity contribution in [3.63, 3.8) is 0 Å². The maximum atomic E-state index is 12.2. The van der Waals surface area contributed by atoms with Crippen molar-refractivity contribution in [2.45, 2.75) is 46.1 Å².